The molecule has 2 aromatic carbocycles. The van der Waals surface area contributed by atoms with Gasteiger partial charge in [-0.3, -0.25) is 4.79 Å². The fraction of sp³-hybridized carbons (Fsp3) is 0.391. The summed E-state index contributed by atoms with van der Waals surface area (Å²) in [4.78, 5) is 24.6. The minimum atomic E-state index is -0.385. The van der Waals surface area contributed by atoms with Gasteiger partial charge in [-0.15, -0.1) is 0 Å². The first-order chi connectivity index (χ1) is 14.0. The van der Waals surface area contributed by atoms with Crippen molar-refractivity contribution in [3.05, 3.63) is 59.7 Å². The van der Waals surface area contributed by atoms with Crippen molar-refractivity contribution < 1.29 is 19.1 Å². The third kappa shape index (κ3) is 5.98. The number of ether oxygens (including phenoxy) is 2. The Bertz CT molecular complexity index is 832. The highest BCUT2D eigenvalue weighted by Gasteiger charge is 2.20. The number of amides is 1. The molecule has 1 atom stereocenters. The van der Waals surface area contributed by atoms with Gasteiger partial charge in [-0.05, 0) is 56.4 Å². The zero-order chi connectivity index (χ0) is 20.6. The third-order valence-electron chi connectivity index (χ3n) is 5.11. The van der Waals surface area contributed by atoms with E-state index in [0.717, 1.165) is 31.2 Å². The summed E-state index contributed by atoms with van der Waals surface area (Å²) in [5, 5.41) is 2.88. The predicted octanol–water partition coefficient (Wildman–Crippen LogP) is 4.01. The van der Waals surface area contributed by atoms with E-state index in [1.807, 2.05) is 37.3 Å². The Balaban J connectivity index is 1.55. The van der Waals surface area contributed by atoms with Crippen LogP contribution in [0, 0.1) is 0 Å². The fourth-order valence-corrected chi connectivity index (χ4v) is 3.44. The van der Waals surface area contributed by atoms with Crippen LogP contribution in [0.5, 0.6) is 5.75 Å². The molecule has 6 heteroatoms. The predicted molar refractivity (Wildman–Crippen MR) is 112 cm³/mol. The normalized spacial score (nSPS) is 15.3. The summed E-state index contributed by atoms with van der Waals surface area (Å²) in [6.45, 7) is 1.71. The topological polar surface area (TPSA) is 90.6 Å². The Morgan fingerprint density at radius 3 is 2.55 bits per heavy atom. The van der Waals surface area contributed by atoms with Gasteiger partial charge in [-0.1, -0.05) is 36.8 Å². The maximum absolute atomic E-state index is 12.4. The van der Waals surface area contributed by atoms with Crippen LogP contribution in [-0.4, -0.2) is 24.6 Å². The van der Waals surface area contributed by atoms with Crippen molar-refractivity contribution in [3.63, 3.8) is 0 Å². The van der Waals surface area contributed by atoms with Crippen molar-refractivity contribution in [2.45, 2.75) is 51.2 Å². The van der Waals surface area contributed by atoms with Crippen LogP contribution in [0.15, 0.2) is 48.5 Å². The summed E-state index contributed by atoms with van der Waals surface area (Å²) in [6, 6.07) is 14.3. The van der Waals surface area contributed by atoms with Gasteiger partial charge < -0.3 is 20.5 Å². The zero-order valence-corrected chi connectivity index (χ0v) is 16.7. The standard InChI is InChI=1S/C23H28N2O4/c1-16(17-8-4-2-5-9-17)25-22(26)15-28-21-14-18(12-13-20(21)24)23(27)29-19-10-6-3-7-11-19/h2,4-5,8-9,12-14,16,19H,3,6-7,10-11,15,24H2,1H3,(H,25,26). The Kier molecular flexibility index (Phi) is 7.11. The van der Waals surface area contributed by atoms with Gasteiger partial charge in [0.15, 0.2) is 6.61 Å². The minimum Gasteiger partial charge on any atom is -0.482 e. The lowest BCUT2D eigenvalue weighted by Gasteiger charge is -2.22. The van der Waals surface area contributed by atoms with Gasteiger partial charge in [0.2, 0.25) is 0 Å². The van der Waals surface area contributed by atoms with Crippen LogP contribution in [0.2, 0.25) is 0 Å². The molecule has 1 aliphatic rings. The van der Waals surface area contributed by atoms with Gasteiger partial charge in [0.05, 0.1) is 17.3 Å². The van der Waals surface area contributed by atoms with Crippen LogP contribution in [0.1, 0.15) is 61.0 Å². The highest BCUT2D eigenvalue weighted by atomic mass is 16.5. The van der Waals surface area contributed by atoms with E-state index >= 15 is 0 Å². The molecule has 3 rings (SSSR count). The average Bonchev–Trinajstić information content (AvgIpc) is 2.74. The van der Waals surface area contributed by atoms with Crippen molar-refractivity contribution >= 4 is 17.6 Å². The Labute approximate surface area is 171 Å². The molecule has 154 valence electrons. The number of nitrogens with two attached hydrogens (primary N) is 1. The number of carbonyl (C=O) groups is 2. The maximum atomic E-state index is 12.4. The molecule has 0 saturated heterocycles. The number of hydrogen-bond donors (Lipinski definition) is 2. The number of esters is 1. The monoisotopic (exact) mass is 396 g/mol. The molecule has 1 fully saturated rings. The zero-order valence-electron chi connectivity index (χ0n) is 16.7. The number of anilines is 1. The molecule has 3 N–H and O–H groups in total. The van der Waals surface area contributed by atoms with Crippen molar-refractivity contribution in [1.82, 2.24) is 5.32 Å². The number of hydrogen-bond acceptors (Lipinski definition) is 5. The van der Waals surface area contributed by atoms with Crippen molar-refractivity contribution in [3.8, 4) is 5.75 Å². The molecule has 1 unspecified atom stereocenters. The lowest BCUT2D eigenvalue weighted by molar-refractivity contribution is -0.123. The van der Waals surface area contributed by atoms with Gasteiger partial charge in [0, 0.05) is 0 Å². The van der Waals surface area contributed by atoms with Crippen molar-refractivity contribution in [2.24, 2.45) is 0 Å². The van der Waals surface area contributed by atoms with Gasteiger partial charge in [-0.2, -0.15) is 0 Å². The van der Waals surface area contributed by atoms with E-state index in [2.05, 4.69) is 5.32 Å². The molecule has 0 heterocycles. The Morgan fingerprint density at radius 1 is 1.10 bits per heavy atom. The summed E-state index contributed by atoms with van der Waals surface area (Å²) in [5.41, 5.74) is 7.69. The van der Waals surface area contributed by atoms with E-state index in [9.17, 15) is 9.59 Å². The summed E-state index contributed by atoms with van der Waals surface area (Å²) in [5.74, 6) is -0.356. The second kappa shape index (κ2) is 9.96. The third-order valence-corrected chi connectivity index (χ3v) is 5.11. The first-order valence-electron chi connectivity index (χ1n) is 10.1. The summed E-state index contributed by atoms with van der Waals surface area (Å²) < 4.78 is 11.2. The van der Waals surface area contributed by atoms with Crippen molar-refractivity contribution in [2.75, 3.05) is 12.3 Å². The first-order valence-corrected chi connectivity index (χ1v) is 10.1. The van der Waals surface area contributed by atoms with Gasteiger partial charge >= 0.3 is 5.97 Å². The lowest BCUT2D eigenvalue weighted by Crippen LogP contribution is -2.31. The van der Waals surface area contributed by atoms with Gasteiger partial charge in [-0.25, -0.2) is 4.79 Å². The molecule has 6 nitrogen and oxygen atoms in total. The van der Waals surface area contributed by atoms with E-state index in [4.69, 9.17) is 15.2 Å². The number of benzene rings is 2. The summed E-state index contributed by atoms with van der Waals surface area (Å²) in [7, 11) is 0. The molecule has 2 aromatic rings. The van der Waals surface area contributed by atoms with Crippen molar-refractivity contribution in [1.29, 1.82) is 0 Å². The van der Waals surface area contributed by atoms with Crippen LogP contribution in [0.3, 0.4) is 0 Å². The smallest absolute Gasteiger partial charge is 0.338 e. The number of nitrogen functional groups attached to an aromatic ring is 1. The van der Waals surface area contributed by atoms with Crippen LogP contribution >= 0.6 is 0 Å². The van der Waals surface area contributed by atoms with E-state index < -0.39 is 0 Å². The molecule has 1 aliphatic carbocycles. The van der Waals surface area contributed by atoms with E-state index in [1.165, 1.54) is 12.5 Å². The highest BCUT2D eigenvalue weighted by molar-refractivity contribution is 5.91. The quantitative estimate of drug-likeness (QED) is 0.545. The van der Waals surface area contributed by atoms with E-state index in [0.29, 0.717) is 17.0 Å². The maximum Gasteiger partial charge on any atom is 0.338 e. The van der Waals surface area contributed by atoms with E-state index in [1.54, 1.807) is 12.1 Å². The van der Waals surface area contributed by atoms with E-state index in [-0.39, 0.29) is 30.6 Å². The largest absolute Gasteiger partial charge is 0.482 e. The Hall–Kier alpha value is -3.02. The molecule has 0 bridgehead atoms. The average molecular weight is 396 g/mol. The SMILES string of the molecule is CC(NC(=O)COc1cc(C(=O)OC2CCCCC2)ccc1N)c1ccccc1. The molecule has 0 aromatic heterocycles. The fourth-order valence-electron chi connectivity index (χ4n) is 3.44. The summed E-state index contributed by atoms with van der Waals surface area (Å²) >= 11 is 0. The molecule has 1 saturated carbocycles. The number of rotatable bonds is 7. The van der Waals surface area contributed by atoms with Gasteiger partial charge in [0.25, 0.3) is 5.91 Å². The first kappa shape index (κ1) is 20.7. The summed E-state index contributed by atoms with van der Waals surface area (Å²) in [6.07, 6.45) is 5.16. The second-order valence-corrected chi connectivity index (χ2v) is 7.41. The molecule has 1 amide bonds. The lowest BCUT2D eigenvalue weighted by atomic mass is 9.98. The molecule has 0 spiro atoms. The molecular weight excluding hydrogens is 368 g/mol. The minimum absolute atomic E-state index is 0.0246. The van der Waals surface area contributed by atoms with Gasteiger partial charge in [0.1, 0.15) is 11.9 Å². The number of carbonyl (C=O) groups excluding carboxylic acids is 2. The number of nitrogens with one attached hydrogen (secondary N) is 1. The Morgan fingerprint density at radius 2 is 1.83 bits per heavy atom. The van der Waals surface area contributed by atoms with Crippen LogP contribution in [0.4, 0.5) is 5.69 Å². The van der Waals surface area contributed by atoms with Crippen LogP contribution < -0.4 is 15.8 Å². The highest BCUT2D eigenvalue weighted by Crippen LogP contribution is 2.25. The molecule has 0 radical (unpaired) electrons. The molecule has 0 aliphatic heterocycles. The van der Waals surface area contributed by atoms with Crippen LogP contribution in [-0.2, 0) is 9.53 Å². The van der Waals surface area contributed by atoms with Crippen LogP contribution in [0.25, 0.3) is 0 Å². The second-order valence-electron chi connectivity index (χ2n) is 7.41. The molecular formula is C23H28N2O4. The molecule has 29 heavy (non-hydrogen) atoms.